The van der Waals surface area contributed by atoms with Gasteiger partial charge in [-0.2, -0.15) is 0 Å². The van der Waals surface area contributed by atoms with Crippen LogP contribution >= 0.6 is 23.4 Å². The molecule has 1 aliphatic rings. The van der Waals surface area contributed by atoms with Gasteiger partial charge in [0.2, 0.25) is 0 Å². The van der Waals surface area contributed by atoms with E-state index in [0.717, 1.165) is 4.90 Å². The summed E-state index contributed by atoms with van der Waals surface area (Å²) in [4.78, 5) is 24.6. The van der Waals surface area contributed by atoms with Gasteiger partial charge in [-0.25, -0.2) is 9.59 Å². The first-order valence-electron chi connectivity index (χ1n) is 6.88. The highest BCUT2D eigenvalue weighted by Gasteiger charge is 2.29. The molecule has 118 valence electrons. The van der Waals surface area contributed by atoms with Crippen molar-refractivity contribution < 1.29 is 14.3 Å². The molecule has 2 rings (SSSR count). The number of carbonyl (C=O) groups is 2. The maximum atomic E-state index is 12.1. The van der Waals surface area contributed by atoms with E-state index in [1.807, 2.05) is 18.2 Å². The molecule has 0 saturated heterocycles. The molecular formula is C15H17ClN2O3S. The van der Waals surface area contributed by atoms with Crippen LogP contribution in [0, 0.1) is 0 Å². The molecule has 1 heterocycles. The van der Waals surface area contributed by atoms with Gasteiger partial charge < -0.3 is 15.4 Å². The van der Waals surface area contributed by atoms with Crippen LogP contribution in [0.5, 0.6) is 0 Å². The fraction of sp³-hybridized carbons (Fsp3) is 0.333. The number of carbonyl (C=O) groups excluding carboxylic acids is 2. The number of thioether (sulfide) groups is 1. The van der Waals surface area contributed by atoms with Crippen molar-refractivity contribution in [3.05, 3.63) is 40.6 Å². The highest BCUT2D eigenvalue weighted by atomic mass is 35.5. The van der Waals surface area contributed by atoms with Gasteiger partial charge >= 0.3 is 12.0 Å². The van der Waals surface area contributed by atoms with Gasteiger partial charge in [-0.05, 0) is 26.0 Å². The molecule has 22 heavy (non-hydrogen) atoms. The van der Waals surface area contributed by atoms with Crippen molar-refractivity contribution in [2.45, 2.75) is 24.8 Å². The Balaban J connectivity index is 2.22. The second-order valence-corrected chi connectivity index (χ2v) is 6.08. The van der Waals surface area contributed by atoms with Gasteiger partial charge in [0, 0.05) is 16.3 Å². The number of rotatable bonds is 5. The highest BCUT2D eigenvalue weighted by Crippen LogP contribution is 2.29. The average Bonchev–Trinajstić information content (AvgIpc) is 2.46. The number of esters is 1. The molecule has 1 aromatic carbocycles. The minimum absolute atomic E-state index is 0.286. The molecule has 0 aromatic heterocycles. The number of urea groups is 1. The molecule has 0 spiro atoms. The van der Waals surface area contributed by atoms with Gasteiger partial charge in [0.1, 0.15) is 0 Å². The molecule has 0 unspecified atom stereocenters. The van der Waals surface area contributed by atoms with Crippen LogP contribution in [0.2, 0.25) is 5.02 Å². The predicted molar refractivity (Wildman–Crippen MR) is 87.0 cm³/mol. The van der Waals surface area contributed by atoms with Crippen LogP contribution < -0.4 is 10.6 Å². The van der Waals surface area contributed by atoms with Gasteiger partial charge in [-0.1, -0.05) is 23.7 Å². The Morgan fingerprint density at radius 1 is 1.41 bits per heavy atom. The summed E-state index contributed by atoms with van der Waals surface area (Å²) in [7, 11) is 0. The zero-order valence-corrected chi connectivity index (χ0v) is 13.9. The monoisotopic (exact) mass is 340 g/mol. The summed E-state index contributed by atoms with van der Waals surface area (Å²) in [5, 5.41) is 5.99. The lowest BCUT2D eigenvalue weighted by atomic mass is 10.1. The summed E-state index contributed by atoms with van der Waals surface area (Å²) in [5.41, 5.74) is 1.00. The molecule has 1 atom stereocenters. The van der Waals surface area contributed by atoms with E-state index in [2.05, 4.69) is 10.6 Å². The summed E-state index contributed by atoms with van der Waals surface area (Å²) >= 11 is 7.58. The Kier molecular flexibility index (Phi) is 5.74. The number of nitrogens with one attached hydrogen (secondary N) is 2. The number of benzene rings is 1. The van der Waals surface area contributed by atoms with E-state index in [1.165, 1.54) is 11.8 Å². The molecule has 0 aliphatic carbocycles. The third-order valence-corrected chi connectivity index (χ3v) is 4.62. The largest absolute Gasteiger partial charge is 0.463 e. The average molecular weight is 341 g/mol. The van der Waals surface area contributed by atoms with Crippen LogP contribution in [0.4, 0.5) is 4.79 Å². The van der Waals surface area contributed by atoms with E-state index in [9.17, 15) is 9.59 Å². The molecule has 0 radical (unpaired) electrons. The maximum absolute atomic E-state index is 12.1. The van der Waals surface area contributed by atoms with Crippen molar-refractivity contribution in [1.29, 1.82) is 0 Å². The van der Waals surface area contributed by atoms with E-state index in [4.69, 9.17) is 16.3 Å². The molecule has 0 bridgehead atoms. The standard InChI is InChI=1S/C15H17ClN2O3S/c1-3-21-14(19)13-9(2)17-15(20)18-11(13)8-22-12-7-5-4-6-10(12)16/h4-7,9H,3,8H2,1-2H3,(H2,17,18,20)/t9-/m0/s1. The summed E-state index contributed by atoms with van der Waals surface area (Å²) in [6.07, 6.45) is 0. The number of hydrogen-bond donors (Lipinski definition) is 2. The Bertz CT molecular complexity index is 619. The number of amides is 2. The number of halogens is 1. The summed E-state index contributed by atoms with van der Waals surface area (Å²) in [6.45, 7) is 3.79. The van der Waals surface area contributed by atoms with Gasteiger partial charge in [0.25, 0.3) is 0 Å². The lowest BCUT2D eigenvalue weighted by Crippen LogP contribution is -2.49. The Morgan fingerprint density at radius 2 is 2.14 bits per heavy atom. The second kappa shape index (κ2) is 7.56. The van der Waals surface area contributed by atoms with Crippen LogP contribution in [-0.2, 0) is 9.53 Å². The van der Waals surface area contributed by atoms with Crippen molar-refractivity contribution >= 4 is 35.4 Å². The molecule has 2 amide bonds. The third-order valence-electron chi connectivity index (χ3n) is 3.07. The maximum Gasteiger partial charge on any atom is 0.337 e. The minimum atomic E-state index is -0.419. The second-order valence-electron chi connectivity index (χ2n) is 4.65. The van der Waals surface area contributed by atoms with E-state index in [1.54, 1.807) is 19.9 Å². The van der Waals surface area contributed by atoms with Crippen LogP contribution in [0.25, 0.3) is 0 Å². The molecule has 5 nitrogen and oxygen atoms in total. The highest BCUT2D eigenvalue weighted by molar-refractivity contribution is 7.99. The Hall–Kier alpha value is -1.66. The first-order chi connectivity index (χ1) is 10.5. The zero-order valence-electron chi connectivity index (χ0n) is 12.3. The van der Waals surface area contributed by atoms with Crippen LogP contribution in [0.1, 0.15) is 13.8 Å². The molecule has 1 aromatic rings. The molecule has 7 heteroatoms. The fourth-order valence-electron chi connectivity index (χ4n) is 2.10. The van der Waals surface area contributed by atoms with Crippen molar-refractivity contribution in [2.75, 3.05) is 12.4 Å². The topological polar surface area (TPSA) is 67.4 Å². The lowest BCUT2D eigenvalue weighted by Gasteiger charge is -2.26. The molecule has 1 aliphatic heterocycles. The lowest BCUT2D eigenvalue weighted by molar-refractivity contribution is -0.138. The number of ether oxygens (including phenoxy) is 1. The smallest absolute Gasteiger partial charge is 0.337 e. The SMILES string of the molecule is CCOC(=O)C1=C(CSc2ccccc2Cl)NC(=O)N[C@H]1C. The first-order valence-corrected chi connectivity index (χ1v) is 8.24. The zero-order chi connectivity index (χ0) is 16.1. The Labute approximate surface area is 138 Å². The van der Waals surface area contributed by atoms with Gasteiger partial charge in [0.05, 0.1) is 23.2 Å². The van der Waals surface area contributed by atoms with Crippen LogP contribution in [0.15, 0.2) is 40.4 Å². The minimum Gasteiger partial charge on any atom is -0.463 e. The van der Waals surface area contributed by atoms with E-state index in [0.29, 0.717) is 22.0 Å². The predicted octanol–water partition coefficient (Wildman–Crippen LogP) is 2.95. The molecular weight excluding hydrogens is 324 g/mol. The molecule has 0 fully saturated rings. The molecule has 2 N–H and O–H groups in total. The normalized spacial score (nSPS) is 17.8. The van der Waals surface area contributed by atoms with Crippen molar-refractivity contribution in [2.24, 2.45) is 0 Å². The van der Waals surface area contributed by atoms with Crippen LogP contribution in [-0.4, -0.2) is 30.4 Å². The first kappa shape index (κ1) is 16.7. The number of hydrogen-bond acceptors (Lipinski definition) is 4. The van der Waals surface area contributed by atoms with Gasteiger partial charge in [0.15, 0.2) is 0 Å². The van der Waals surface area contributed by atoms with Crippen molar-refractivity contribution in [3.8, 4) is 0 Å². The Morgan fingerprint density at radius 3 is 2.82 bits per heavy atom. The van der Waals surface area contributed by atoms with E-state index >= 15 is 0 Å². The van der Waals surface area contributed by atoms with Gasteiger partial charge in [-0.3, -0.25) is 0 Å². The van der Waals surface area contributed by atoms with E-state index < -0.39 is 12.0 Å². The molecule has 0 saturated carbocycles. The summed E-state index contributed by atoms with van der Waals surface area (Å²) in [6, 6.07) is 6.71. The fourth-order valence-corrected chi connectivity index (χ4v) is 3.31. The van der Waals surface area contributed by atoms with Crippen LogP contribution in [0.3, 0.4) is 0 Å². The van der Waals surface area contributed by atoms with Crippen molar-refractivity contribution in [3.63, 3.8) is 0 Å². The summed E-state index contributed by atoms with van der Waals surface area (Å²) < 4.78 is 5.07. The van der Waals surface area contributed by atoms with Crippen molar-refractivity contribution in [1.82, 2.24) is 10.6 Å². The quantitative estimate of drug-likeness (QED) is 0.639. The van der Waals surface area contributed by atoms with E-state index in [-0.39, 0.29) is 12.6 Å². The summed E-state index contributed by atoms with van der Waals surface area (Å²) in [5.74, 6) is 0.00703. The van der Waals surface area contributed by atoms with Gasteiger partial charge in [-0.15, -0.1) is 11.8 Å². The third kappa shape index (κ3) is 3.96.